The van der Waals surface area contributed by atoms with Crippen molar-refractivity contribution < 1.29 is 19.2 Å². The summed E-state index contributed by atoms with van der Waals surface area (Å²) in [7, 11) is 0. The van der Waals surface area contributed by atoms with Crippen LogP contribution in [-0.4, -0.2) is 27.3 Å². The van der Waals surface area contributed by atoms with E-state index >= 15 is 0 Å². The van der Waals surface area contributed by atoms with Gasteiger partial charge < -0.3 is 14.4 Å². The summed E-state index contributed by atoms with van der Waals surface area (Å²) in [4.78, 5) is 15.2. The van der Waals surface area contributed by atoms with Crippen molar-refractivity contribution in [3.05, 3.63) is 11.7 Å². The van der Waals surface area contributed by atoms with Gasteiger partial charge >= 0.3 is 5.97 Å². The molecule has 6 heteroatoms. The second kappa shape index (κ2) is 5.91. The molecule has 1 aliphatic rings. The van der Waals surface area contributed by atoms with E-state index in [0.29, 0.717) is 31.2 Å². The molecule has 1 N–H and O–H groups in total. The van der Waals surface area contributed by atoms with E-state index in [2.05, 4.69) is 10.1 Å². The molecule has 0 radical (unpaired) electrons. The number of carboxylic acids is 1. The lowest BCUT2D eigenvalue weighted by molar-refractivity contribution is -0.143. The summed E-state index contributed by atoms with van der Waals surface area (Å²) < 4.78 is 10.9. The molecule has 112 valence electrons. The topological polar surface area (TPSA) is 85.5 Å². The smallest absolute Gasteiger partial charge is 0.306 e. The number of hydrogen-bond acceptors (Lipinski definition) is 5. The standard InChI is InChI=1S/C14H22N2O4/c1-14(2,3)13-15-11(16-20-13)8-19-10-6-4-9(5-7-10)12(17)18/h9-10H,4-8H2,1-3H3,(H,17,18). The van der Waals surface area contributed by atoms with Crippen LogP contribution in [0.15, 0.2) is 4.52 Å². The molecular formula is C14H22N2O4. The maximum atomic E-state index is 10.9. The minimum atomic E-state index is -0.698. The van der Waals surface area contributed by atoms with Gasteiger partial charge in [0.25, 0.3) is 0 Å². The number of carboxylic acid groups (broad SMARTS) is 1. The van der Waals surface area contributed by atoms with Crippen molar-refractivity contribution in [3.8, 4) is 0 Å². The highest BCUT2D eigenvalue weighted by Crippen LogP contribution is 2.27. The Bertz CT molecular complexity index is 456. The second-order valence-corrected chi connectivity index (χ2v) is 6.39. The zero-order valence-electron chi connectivity index (χ0n) is 12.3. The second-order valence-electron chi connectivity index (χ2n) is 6.39. The van der Waals surface area contributed by atoms with Gasteiger partial charge in [-0.05, 0) is 25.7 Å². The number of nitrogens with zero attached hydrogens (tertiary/aromatic N) is 2. The van der Waals surface area contributed by atoms with Gasteiger partial charge in [0.15, 0.2) is 5.82 Å². The molecule has 1 heterocycles. The summed E-state index contributed by atoms with van der Waals surface area (Å²) in [6.45, 7) is 6.36. The molecule has 0 atom stereocenters. The number of carbonyl (C=O) groups is 1. The molecule has 0 aromatic carbocycles. The zero-order chi connectivity index (χ0) is 14.8. The number of aromatic nitrogens is 2. The Morgan fingerprint density at radius 3 is 2.50 bits per heavy atom. The maximum absolute atomic E-state index is 10.9. The third-order valence-electron chi connectivity index (χ3n) is 3.58. The van der Waals surface area contributed by atoms with Crippen LogP contribution >= 0.6 is 0 Å². The Morgan fingerprint density at radius 2 is 2.00 bits per heavy atom. The minimum absolute atomic E-state index is 0.0992. The van der Waals surface area contributed by atoms with Crippen LogP contribution in [-0.2, 0) is 21.6 Å². The first-order valence-electron chi connectivity index (χ1n) is 7.03. The predicted octanol–water partition coefficient (Wildman–Crippen LogP) is 2.53. The Hall–Kier alpha value is -1.43. The monoisotopic (exact) mass is 282 g/mol. The van der Waals surface area contributed by atoms with E-state index in [1.807, 2.05) is 20.8 Å². The fraction of sp³-hybridized carbons (Fsp3) is 0.786. The van der Waals surface area contributed by atoms with Crippen LogP contribution in [0, 0.1) is 5.92 Å². The fourth-order valence-corrected chi connectivity index (χ4v) is 2.29. The van der Waals surface area contributed by atoms with E-state index in [-0.39, 0.29) is 17.4 Å². The summed E-state index contributed by atoms with van der Waals surface area (Å²) in [5, 5.41) is 12.8. The summed E-state index contributed by atoms with van der Waals surface area (Å²) in [6.07, 6.45) is 3.02. The summed E-state index contributed by atoms with van der Waals surface area (Å²) in [5.41, 5.74) is -0.162. The van der Waals surface area contributed by atoms with Crippen LogP contribution in [0.4, 0.5) is 0 Å². The Labute approximate surface area is 118 Å². The summed E-state index contributed by atoms with van der Waals surface area (Å²) in [6, 6.07) is 0. The number of ether oxygens (including phenoxy) is 1. The fourth-order valence-electron chi connectivity index (χ4n) is 2.29. The molecule has 1 saturated carbocycles. The molecule has 1 fully saturated rings. The Kier molecular flexibility index (Phi) is 4.42. The SMILES string of the molecule is CC(C)(C)c1nc(COC2CCC(C(=O)O)CC2)no1. The van der Waals surface area contributed by atoms with Crippen LogP contribution in [0.5, 0.6) is 0 Å². The number of rotatable bonds is 4. The first-order valence-corrected chi connectivity index (χ1v) is 7.03. The van der Waals surface area contributed by atoms with Crippen molar-refractivity contribution in [2.75, 3.05) is 0 Å². The molecule has 0 saturated heterocycles. The quantitative estimate of drug-likeness (QED) is 0.913. The van der Waals surface area contributed by atoms with Crippen molar-refractivity contribution in [2.45, 2.75) is 64.6 Å². The lowest BCUT2D eigenvalue weighted by Crippen LogP contribution is -2.26. The first-order chi connectivity index (χ1) is 9.36. The summed E-state index contributed by atoms with van der Waals surface area (Å²) in [5.74, 6) is 0.241. The molecule has 2 rings (SSSR count). The maximum Gasteiger partial charge on any atom is 0.306 e. The first kappa shape index (κ1) is 15.0. The average molecular weight is 282 g/mol. The third-order valence-corrected chi connectivity index (χ3v) is 3.58. The van der Waals surface area contributed by atoms with Gasteiger partial charge in [-0.25, -0.2) is 0 Å². The van der Waals surface area contributed by atoms with Gasteiger partial charge in [-0.3, -0.25) is 4.79 Å². The average Bonchev–Trinajstić information content (AvgIpc) is 2.85. The molecule has 1 aromatic heterocycles. The predicted molar refractivity (Wildman–Crippen MR) is 71.2 cm³/mol. The van der Waals surface area contributed by atoms with Crippen molar-refractivity contribution in [1.82, 2.24) is 10.1 Å². The largest absolute Gasteiger partial charge is 0.481 e. The van der Waals surface area contributed by atoms with Crippen molar-refractivity contribution in [3.63, 3.8) is 0 Å². The van der Waals surface area contributed by atoms with E-state index in [0.717, 1.165) is 12.8 Å². The van der Waals surface area contributed by atoms with E-state index in [9.17, 15) is 4.79 Å². The highest BCUT2D eigenvalue weighted by atomic mass is 16.5. The highest BCUT2D eigenvalue weighted by Gasteiger charge is 2.27. The third kappa shape index (κ3) is 3.79. The lowest BCUT2D eigenvalue weighted by atomic mass is 9.87. The van der Waals surface area contributed by atoms with Crippen molar-refractivity contribution in [2.24, 2.45) is 5.92 Å². The Morgan fingerprint density at radius 1 is 1.35 bits per heavy atom. The van der Waals surface area contributed by atoms with Crippen LogP contribution in [0.2, 0.25) is 0 Å². The molecular weight excluding hydrogens is 260 g/mol. The molecule has 1 aromatic rings. The van der Waals surface area contributed by atoms with Gasteiger partial charge in [0.05, 0.1) is 12.0 Å². The zero-order valence-corrected chi connectivity index (χ0v) is 12.3. The van der Waals surface area contributed by atoms with Gasteiger partial charge in [0.2, 0.25) is 5.89 Å². The number of aliphatic carboxylic acids is 1. The van der Waals surface area contributed by atoms with Crippen molar-refractivity contribution >= 4 is 5.97 Å². The highest BCUT2D eigenvalue weighted by molar-refractivity contribution is 5.70. The van der Waals surface area contributed by atoms with Crippen LogP contribution in [0.3, 0.4) is 0 Å². The minimum Gasteiger partial charge on any atom is -0.481 e. The molecule has 0 amide bonds. The lowest BCUT2D eigenvalue weighted by Gasteiger charge is -2.25. The van der Waals surface area contributed by atoms with Gasteiger partial charge in [0.1, 0.15) is 6.61 Å². The molecule has 0 unspecified atom stereocenters. The van der Waals surface area contributed by atoms with Gasteiger partial charge in [-0.2, -0.15) is 4.98 Å². The Balaban J connectivity index is 1.79. The molecule has 0 aliphatic heterocycles. The van der Waals surface area contributed by atoms with E-state index < -0.39 is 5.97 Å². The van der Waals surface area contributed by atoms with Crippen LogP contribution in [0.25, 0.3) is 0 Å². The molecule has 0 spiro atoms. The number of hydrogen-bond donors (Lipinski definition) is 1. The van der Waals surface area contributed by atoms with E-state index in [1.54, 1.807) is 0 Å². The normalized spacial score (nSPS) is 23.8. The van der Waals surface area contributed by atoms with Crippen LogP contribution < -0.4 is 0 Å². The molecule has 6 nitrogen and oxygen atoms in total. The van der Waals surface area contributed by atoms with Gasteiger partial charge in [-0.15, -0.1) is 0 Å². The van der Waals surface area contributed by atoms with Gasteiger partial charge in [0, 0.05) is 5.41 Å². The molecule has 20 heavy (non-hydrogen) atoms. The van der Waals surface area contributed by atoms with Crippen LogP contribution in [0.1, 0.15) is 58.2 Å². The van der Waals surface area contributed by atoms with E-state index in [1.165, 1.54) is 0 Å². The van der Waals surface area contributed by atoms with E-state index in [4.69, 9.17) is 14.4 Å². The molecule has 0 bridgehead atoms. The van der Waals surface area contributed by atoms with Crippen molar-refractivity contribution in [1.29, 1.82) is 0 Å². The van der Waals surface area contributed by atoms with Gasteiger partial charge in [-0.1, -0.05) is 25.9 Å². The summed E-state index contributed by atoms with van der Waals surface area (Å²) >= 11 is 0. The molecule has 1 aliphatic carbocycles.